The number of hydrogen-bond acceptors (Lipinski definition) is 3. The second-order valence-electron chi connectivity index (χ2n) is 21.8. The molecule has 0 bridgehead atoms. The summed E-state index contributed by atoms with van der Waals surface area (Å²) >= 11 is 0. The average molecular weight is 957 g/mol. The molecule has 0 aromatic heterocycles. The molecule has 3 N–H and O–H groups in total. The Bertz CT molecular complexity index is 994. The Labute approximate surface area is 428 Å². The Kier molecular flexibility index (Phi) is 59.2. The van der Waals surface area contributed by atoms with Gasteiger partial charge in [0.05, 0.1) is 18.8 Å². The first kappa shape index (κ1) is 66.9. The van der Waals surface area contributed by atoms with E-state index in [4.69, 9.17) is 0 Å². The molecular weight excluding hydrogens is 831 g/mol. The maximum Gasteiger partial charge on any atom is 0.220 e. The van der Waals surface area contributed by atoms with E-state index < -0.39 is 12.1 Å². The highest BCUT2D eigenvalue weighted by Crippen LogP contribution is 2.19. The van der Waals surface area contributed by atoms with Crippen LogP contribution in [0.5, 0.6) is 0 Å². The van der Waals surface area contributed by atoms with Gasteiger partial charge in [-0.3, -0.25) is 4.79 Å². The molecule has 4 heteroatoms. The third-order valence-electron chi connectivity index (χ3n) is 15.0. The van der Waals surface area contributed by atoms with Crippen LogP contribution >= 0.6 is 0 Å². The molecule has 0 fully saturated rings. The van der Waals surface area contributed by atoms with Gasteiger partial charge in [0, 0.05) is 6.42 Å². The Morgan fingerprint density at radius 3 is 0.882 bits per heavy atom. The molecule has 0 spiro atoms. The molecule has 0 aliphatic heterocycles. The first-order valence-corrected chi connectivity index (χ1v) is 31.5. The zero-order valence-electron chi connectivity index (χ0n) is 46.7. The Hall–Kier alpha value is -1.13. The smallest absolute Gasteiger partial charge is 0.220 e. The summed E-state index contributed by atoms with van der Waals surface area (Å²) in [6.07, 6.45) is 80.7. The molecule has 0 saturated heterocycles. The second kappa shape index (κ2) is 60.2. The molecule has 4 nitrogen and oxygen atoms in total. The highest BCUT2D eigenvalue weighted by molar-refractivity contribution is 5.76. The number of nitrogens with one attached hydrogen (secondary N) is 1. The molecule has 0 aromatic carbocycles. The molecule has 0 radical (unpaired) electrons. The quantitative estimate of drug-likeness (QED) is 0.0420. The van der Waals surface area contributed by atoms with Gasteiger partial charge in [0.1, 0.15) is 0 Å². The SMILES string of the molecule is CCCCCCC/C=C\C/C=C\CCCCCCCCCCCCCCCCCCCCCCCCCCCCCCCC(=O)NC(CO)C(O)CCCCCCCCCCCCCCCCC. The third kappa shape index (κ3) is 55.8. The molecule has 2 atom stereocenters. The van der Waals surface area contributed by atoms with Crippen LogP contribution < -0.4 is 5.32 Å². The van der Waals surface area contributed by atoms with Crippen LogP contribution in [0.2, 0.25) is 0 Å². The summed E-state index contributed by atoms with van der Waals surface area (Å²) in [5, 5.41) is 23.3. The Morgan fingerprint density at radius 2 is 0.603 bits per heavy atom. The Morgan fingerprint density at radius 1 is 0.353 bits per heavy atom. The lowest BCUT2D eigenvalue weighted by Crippen LogP contribution is -2.45. The minimum atomic E-state index is -0.656. The standard InChI is InChI=1S/C64H125NO3/c1-3-5-7-9-11-13-15-17-19-20-21-22-23-24-25-26-27-28-29-30-31-32-33-34-35-36-37-38-39-40-41-42-43-44-46-48-50-52-54-56-58-60-64(68)65-62(61-66)63(67)59-57-55-53-51-49-47-45-18-16-14-12-10-8-6-4-2/h15,17,20-21,62-63,66-67H,3-14,16,18-19,22-61H2,1-2H3,(H,65,68)/b17-15-,21-20-. The summed E-state index contributed by atoms with van der Waals surface area (Å²) in [6, 6.07) is -0.532. The molecule has 0 aliphatic rings. The fourth-order valence-corrected chi connectivity index (χ4v) is 10.2. The number of unbranched alkanes of at least 4 members (excludes halogenated alkanes) is 48. The minimum absolute atomic E-state index is 0.0235. The van der Waals surface area contributed by atoms with Gasteiger partial charge < -0.3 is 15.5 Å². The topological polar surface area (TPSA) is 69.6 Å². The molecule has 1 amide bonds. The van der Waals surface area contributed by atoms with Crippen molar-refractivity contribution >= 4 is 5.91 Å². The van der Waals surface area contributed by atoms with Crippen molar-refractivity contribution in [1.29, 1.82) is 0 Å². The highest BCUT2D eigenvalue weighted by atomic mass is 16.3. The largest absolute Gasteiger partial charge is 0.394 e. The highest BCUT2D eigenvalue weighted by Gasteiger charge is 2.20. The van der Waals surface area contributed by atoms with E-state index in [1.54, 1.807) is 0 Å². The first-order chi connectivity index (χ1) is 33.7. The molecular formula is C64H125NO3. The number of aliphatic hydroxyl groups is 2. The molecule has 404 valence electrons. The minimum Gasteiger partial charge on any atom is -0.394 e. The van der Waals surface area contributed by atoms with Gasteiger partial charge in [-0.25, -0.2) is 0 Å². The summed E-state index contributed by atoms with van der Waals surface area (Å²) in [5.41, 5.74) is 0. The van der Waals surface area contributed by atoms with Crippen molar-refractivity contribution in [2.24, 2.45) is 0 Å². The van der Waals surface area contributed by atoms with Crippen LogP contribution in [-0.2, 0) is 4.79 Å². The number of hydrogen-bond donors (Lipinski definition) is 3. The van der Waals surface area contributed by atoms with Gasteiger partial charge in [0.25, 0.3) is 0 Å². The van der Waals surface area contributed by atoms with Gasteiger partial charge in [-0.15, -0.1) is 0 Å². The van der Waals surface area contributed by atoms with E-state index >= 15 is 0 Å². The van der Waals surface area contributed by atoms with Gasteiger partial charge in [0.15, 0.2) is 0 Å². The van der Waals surface area contributed by atoms with Gasteiger partial charge in [-0.2, -0.15) is 0 Å². The van der Waals surface area contributed by atoms with Crippen LogP contribution in [0.4, 0.5) is 0 Å². The van der Waals surface area contributed by atoms with Crippen molar-refractivity contribution < 1.29 is 15.0 Å². The molecule has 0 saturated carbocycles. The second-order valence-corrected chi connectivity index (χ2v) is 21.8. The molecule has 0 aromatic rings. The predicted molar refractivity (Wildman–Crippen MR) is 304 cm³/mol. The van der Waals surface area contributed by atoms with Crippen LogP contribution in [0.1, 0.15) is 361 Å². The van der Waals surface area contributed by atoms with Crippen molar-refractivity contribution in [1.82, 2.24) is 5.32 Å². The van der Waals surface area contributed by atoms with E-state index in [1.165, 1.54) is 302 Å². The fraction of sp³-hybridized carbons (Fsp3) is 0.922. The predicted octanol–water partition coefficient (Wildman–Crippen LogP) is 21.0. The number of rotatable bonds is 59. The maximum atomic E-state index is 12.5. The number of allylic oxidation sites excluding steroid dienone is 4. The third-order valence-corrected chi connectivity index (χ3v) is 15.0. The van der Waals surface area contributed by atoms with Crippen LogP contribution in [0, 0.1) is 0 Å². The Balaban J connectivity index is 3.33. The van der Waals surface area contributed by atoms with Gasteiger partial charge in [0.2, 0.25) is 5.91 Å². The van der Waals surface area contributed by atoms with E-state index in [0.29, 0.717) is 12.8 Å². The lowest BCUT2D eigenvalue weighted by atomic mass is 10.0. The normalized spacial score (nSPS) is 12.8. The monoisotopic (exact) mass is 956 g/mol. The molecule has 0 aliphatic carbocycles. The van der Waals surface area contributed by atoms with Crippen molar-refractivity contribution in [3.63, 3.8) is 0 Å². The van der Waals surface area contributed by atoms with E-state index in [2.05, 4.69) is 43.5 Å². The van der Waals surface area contributed by atoms with Crippen LogP contribution in [0.15, 0.2) is 24.3 Å². The van der Waals surface area contributed by atoms with E-state index in [0.717, 1.165) is 32.1 Å². The van der Waals surface area contributed by atoms with Crippen molar-refractivity contribution in [2.45, 2.75) is 373 Å². The zero-order chi connectivity index (χ0) is 49.2. The number of carbonyl (C=O) groups excluding carboxylic acids is 1. The molecule has 68 heavy (non-hydrogen) atoms. The number of carbonyl (C=O) groups is 1. The summed E-state index contributed by atoms with van der Waals surface area (Å²) in [7, 11) is 0. The molecule has 0 heterocycles. The van der Waals surface area contributed by atoms with Gasteiger partial charge >= 0.3 is 0 Å². The van der Waals surface area contributed by atoms with Gasteiger partial charge in [-0.05, 0) is 44.9 Å². The summed E-state index contributed by atoms with van der Waals surface area (Å²) in [5.74, 6) is -0.0235. The molecule has 2 unspecified atom stereocenters. The average Bonchev–Trinajstić information content (AvgIpc) is 3.34. The summed E-state index contributed by atoms with van der Waals surface area (Å²) in [4.78, 5) is 12.5. The van der Waals surface area contributed by atoms with Gasteiger partial charge in [-0.1, -0.05) is 334 Å². The van der Waals surface area contributed by atoms with E-state index in [9.17, 15) is 15.0 Å². The van der Waals surface area contributed by atoms with Crippen molar-refractivity contribution in [3.8, 4) is 0 Å². The van der Waals surface area contributed by atoms with Crippen molar-refractivity contribution in [2.75, 3.05) is 6.61 Å². The van der Waals surface area contributed by atoms with Crippen molar-refractivity contribution in [3.05, 3.63) is 24.3 Å². The number of amides is 1. The lowest BCUT2D eigenvalue weighted by Gasteiger charge is -2.22. The van der Waals surface area contributed by atoms with Crippen LogP contribution in [0.25, 0.3) is 0 Å². The van der Waals surface area contributed by atoms with Crippen LogP contribution in [0.3, 0.4) is 0 Å². The van der Waals surface area contributed by atoms with E-state index in [1.807, 2.05) is 0 Å². The summed E-state index contributed by atoms with van der Waals surface area (Å²) < 4.78 is 0. The fourth-order valence-electron chi connectivity index (χ4n) is 10.2. The lowest BCUT2D eigenvalue weighted by molar-refractivity contribution is -0.123. The summed E-state index contributed by atoms with van der Waals surface area (Å²) in [6.45, 7) is 4.38. The number of aliphatic hydroxyl groups excluding tert-OH is 2. The molecule has 0 rings (SSSR count). The first-order valence-electron chi connectivity index (χ1n) is 31.5. The zero-order valence-corrected chi connectivity index (χ0v) is 46.7. The van der Waals surface area contributed by atoms with E-state index in [-0.39, 0.29) is 12.5 Å². The maximum absolute atomic E-state index is 12.5. The van der Waals surface area contributed by atoms with Crippen LogP contribution in [-0.4, -0.2) is 34.9 Å².